The fourth-order valence-corrected chi connectivity index (χ4v) is 2.85. The second-order valence-corrected chi connectivity index (χ2v) is 5.91. The summed E-state index contributed by atoms with van der Waals surface area (Å²) in [6, 6.07) is 13.0. The number of likely N-dealkylation sites (tertiary alicyclic amines) is 1. The molecule has 0 radical (unpaired) electrons. The second-order valence-electron chi connectivity index (χ2n) is 5.91. The van der Waals surface area contributed by atoms with Crippen LogP contribution in [0, 0.1) is 11.6 Å². The van der Waals surface area contributed by atoms with Crippen molar-refractivity contribution in [2.75, 3.05) is 13.1 Å². The van der Waals surface area contributed by atoms with Crippen LogP contribution in [0.1, 0.15) is 28.8 Å². The quantitative estimate of drug-likeness (QED) is 0.853. The van der Waals surface area contributed by atoms with E-state index in [1.54, 1.807) is 4.90 Å². The molecule has 0 saturated carbocycles. The minimum absolute atomic E-state index is 0.0833. The van der Waals surface area contributed by atoms with Crippen LogP contribution in [0.2, 0.25) is 0 Å². The number of hydrogen-bond donors (Lipinski definition) is 0. The van der Waals surface area contributed by atoms with Gasteiger partial charge < -0.3 is 9.64 Å². The van der Waals surface area contributed by atoms with E-state index in [1.165, 1.54) is 6.07 Å². The van der Waals surface area contributed by atoms with Gasteiger partial charge in [0.1, 0.15) is 11.6 Å². The first-order chi connectivity index (χ1) is 11.6. The first-order valence-electron chi connectivity index (χ1n) is 8.03. The number of amides is 1. The van der Waals surface area contributed by atoms with Gasteiger partial charge in [-0.15, -0.1) is 0 Å². The Bertz CT molecular complexity index is 698. The van der Waals surface area contributed by atoms with Crippen LogP contribution in [-0.2, 0) is 11.3 Å². The average molecular weight is 331 g/mol. The van der Waals surface area contributed by atoms with Gasteiger partial charge in [-0.05, 0) is 30.5 Å². The molecule has 0 aromatic heterocycles. The molecule has 0 spiro atoms. The lowest BCUT2D eigenvalue weighted by molar-refractivity contribution is -0.000470. The summed E-state index contributed by atoms with van der Waals surface area (Å²) in [5.41, 5.74) is 1.03. The standard InChI is InChI=1S/C19H19F2NO2/c20-15-6-7-17(18(21)12-15)19(23)22-10-8-16(9-11-22)24-13-14-4-2-1-3-5-14/h1-7,12,16H,8-11,13H2. The van der Waals surface area contributed by atoms with Crippen LogP contribution in [0.4, 0.5) is 8.78 Å². The Kier molecular flexibility index (Phi) is 5.20. The molecule has 0 aliphatic carbocycles. The van der Waals surface area contributed by atoms with Gasteiger partial charge in [0.15, 0.2) is 0 Å². The third-order valence-corrected chi connectivity index (χ3v) is 4.22. The van der Waals surface area contributed by atoms with Gasteiger partial charge in [-0.2, -0.15) is 0 Å². The van der Waals surface area contributed by atoms with E-state index < -0.39 is 17.5 Å². The zero-order valence-electron chi connectivity index (χ0n) is 13.3. The predicted octanol–water partition coefficient (Wildman–Crippen LogP) is 3.79. The molecule has 5 heteroatoms. The van der Waals surface area contributed by atoms with E-state index in [2.05, 4.69) is 0 Å². The fraction of sp³-hybridized carbons (Fsp3) is 0.316. The number of carbonyl (C=O) groups excluding carboxylic acids is 1. The van der Waals surface area contributed by atoms with Crippen molar-refractivity contribution in [2.24, 2.45) is 0 Å². The Morgan fingerprint density at radius 1 is 1.08 bits per heavy atom. The van der Waals surface area contributed by atoms with Gasteiger partial charge >= 0.3 is 0 Å². The molecule has 1 heterocycles. The van der Waals surface area contributed by atoms with Crippen LogP contribution in [0.3, 0.4) is 0 Å². The zero-order chi connectivity index (χ0) is 16.9. The van der Waals surface area contributed by atoms with Crippen LogP contribution in [0.5, 0.6) is 0 Å². The minimum Gasteiger partial charge on any atom is -0.373 e. The topological polar surface area (TPSA) is 29.5 Å². The smallest absolute Gasteiger partial charge is 0.256 e. The van der Waals surface area contributed by atoms with E-state index in [9.17, 15) is 13.6 Å². The highest BCUT2D eigenvalue weighted by Crippen LogP contribution is 2.19. The number of nitrogens with zero attached hydrogens (tertiary/aromatic N) is 1. The molecule has 3 nitrogen and oxygen atoms in total. The lowest BCUT2D eigenvalue weighted by Gasteiger charge is -2.32. The number of halogens is 2. The van der Waals surface area contributed by atoms with Gasteiger partial charge in [0.2, 0.25) is 0 Å². The summed E-state index contributed by atoms with van der Waals surface area (Å²) < 4.78 is 32.6. The summed E-state index contributed by atoms with van der Waals surface area (Å²) >= 11 is 0. The van der Waals surface area contributed by atoms with Crippen LogP contribution in [0.25, 0.3) is 0 Å². The highest BCUT2D eigenvalue weighted by Gasteiger charge is 2.25. The van der Waals surface area contributed by atoms with Crippen molar-refractivity contribution in [1.29, 1.82) is 0 Å². The third-order valence-electron chi connectivity index (χ3n) is 4.22. The summed E-state index contributed by atoms with van der Waals surface area (Å²) in [5, 5.41) is 0. The summed E-state index contributed by atoms with van der Waals surface area (Å²) in [4.78, 5) is 13.9. The van der Waals surface area contributed by atoms with Crippen molar-refractivity contribution < 1.29 is 18.3 Å². The molecule has 2 aromatic rings. The van der Waals surface area contributed by atoms with Crippen molar-refractivity contribution in [3.63, 3.8) is 0 Å². The largest absolute Gasteiger partial charge is 0.373 e. The zero-order valence-corrected chi connectivity index (χ0v) is 13.3. The van der Waals surface area contributed by atoms with E-state index in [1.807, 2.05) is 30.3 Å². The van der Waals surface area contributed by atoms with Gasteiger partial charge in [0.25, 0.3) is 5.91 Å². The van der Waals surface area contributed by atoms with Crippen LogP contribution in [0.15, 0.2) is 48.5 Å². The summed E-state index contributed by atoms with van der Waals surface area (Å²) in [7, 11) is 0. The molecule has 126 valence electrons. The average Bonchev–Trinajstić information content (AvgIpc) is 2.61. The lowest BCUT2D eigenvalue weighted by Crippen LogP contribution is -2.41. The van der Waals surface area contributed by atoms with E-state index in [-0.39, 0.29) is 11.7 Å². The summed E-state index contributed by atoms with van der Waals surface area (Å²) in [5.74, 6) is -1.89. The van der Waals surface area contributed by atoms with Gasteiger partial charge in [0.05, 0.1) is 18.3 Å². The number of ether oxygens (including phenoxy) is 1. The molecule has 1 fully saturated rings. The Morgan fingerprint density at radius 3 is 2.46 bits per heavy atom. The molecular weight excluding hydrogens is 312 g/mol. The Labute approximate surface area is 139 Å². The molecule has 0 bridgehead atoms. The molecule has 1 amide bonds. The van der Waals surface area contributed by atoms with Crippen LogP contribution in [-0.4, -0.2) is 30.0 Å². The van der Waals surface area contributed by atoms with Crippen molar-refractivity contribution in [1.82, 2.24) is 4.90 Å². The Balaban J connectivity index is 1.52. The molecule has 0 unspecified atom stereocenters. The second kappa shape index (κ2) is 7.53. The Morgan fingerprint density at radius 2 is 1.79 bits per heavy atom. The predicted molar refractivity (Wildman–Crippen MR) is 86.5 cm³/mol. The molecule has 1 aliphatic rings. The van der Waals surface area contributed by atoms with Crippen molar-refractivity contribution in [3.05, 3.63) is 71.3 Å². The summed E-state index contributed by atoms with van der Waals surface area (Å²) in [6.07, 6.45) is 1.51. The van der Waals surface area contributed by atoms with Crippen LogP contribution < -0.4 is 0 Å². The fourth-order valence-electron chi connectivity index (χ4n) is 2.85. The highest BCUT2D eigenvalue weighted by atomic mass is 19.1. The molecule has 0 atom stereocenters. The van der Waals surface area contributed by atoms with Gasteiger partial charge in [0, 0.05) is 19.2 Å². The van der Waals surface area contributed by atoms with E-state index >= 15 is 0 Å². The molecule has 2 aromatic carbocycles. The first kappa shape index (κ1) is 16.6. The molecule has 24 heavy (non-hydrogen) atoms. The van der Waals surface area contributed by atoms with Gasteiger partial charge in [-0.3, -0.25) is 4.79 Å². The minimum atomic E-state index is -0.817. The van der Waals surface area contributed by atoms with Gasteiger partial charge in [-0.25, -0.2) is 8.78 Å². The van der Waals surface area contributed by atoms with E-state index in [4.69, 9.17) is 4.74 Å². The number of piperidine rings is 1. The molecule has 3 rings (SSSR count). The number of rotatable bonds is 4. The van der Waals surface area contributed by atoms with Gasteiger partial charge in [-0.1, -0.05) is 30.3 Å². The molecule has 1 aliphatic heterocycles. The number of carbonyl (C=O) groups is 1. The first-order valence-corrected chi connectivity index (χ1v) is 8.03. The van der Waals surface area contributed by atoms with Crippen molar-refractivity contribution in [2.45, 2.75) is 25.6 Å². The van der Waals surface area contributed by atoms with Crippen molar-refractivity contribution in [3.8, 4) is 0 Å². The molecule has 1 saturated heterocycles. The maximum Gasteiger partial charge on any atom is 0.256 e. The van der Waals surface area contributed by atoms with Crippen molar-refractivity contribution >= 4 is 5.91 Å². The maximum absolute atomic E-state index is 13.7. The normalized spacial score (nSPS) is 15.5. The third kappa shape index (κ3) is 3.97. The van der Waals surface area contributed by atoms with E-state index in [0.29, 0.717) is 32.5 Å². The number of benzene rings is 2. The SMILES string of the molecule is O=C(c1ccc(F)cc1F)N1CCC(OCc2ccccc2)CC1. The van der Waals surface area contributed by atoms with Crippen LogP contribution >= 0.6 is 0 Å². The maximum atomic E-state index is 13.7. The highest BCUT2D eigenvalue weighted by molar-refractivity contribution is 5.94. The lowest BCUT2D eigenvalue weighted by atomic mass is 10.1. The number of hydrogen-bond acceptors (Lipinski definition) is 2. The Hall–Kier alpha value is -2.27. The monoisotopic (exact) mass is 331 g/mol. The molecule has 0 N–H and O–H groups in total. The summed E-state index contributed by atoms with van der Waals surface area (Å²) in [6.45, 7) is 1.57. The van der Waals surface area contributed by atoms with E-state index in [0.717, 1.165) is 17.7 Å². The molecular formula is C19H19F2NO2.